The van der Waals surface area contributed by atoms with Gasteiger partial charge in [0.25, 0.3) is 5.91 Å². The van der Waals surface area contributed by atoms with Crippen LogP contribution in [0.5, 0.6) is 0 Å². The summed E-state index contributed by atoms with van der Waals surface area (Å²) in [6, 6.07) is 0. The van der Waals surface area contributed by atoms with Crippen LogP contribution in [0.1, 0.15) is 18.7 Å². The van der Waals surface area contributed by atoms with Gasteiger partial charge >= 0.3 is 0 Å². The summed E-state index contributed by atoms with van der Waals surface area (Å²) in [6.07, 6.45) is 0.488. The summed E-state index contributed by atoms with van der Waals surface area (Å²) < 4.78 is 7.15. The number of hydrogen-bond donors (Lipinski definition) is 6. The number of carbonyl (C=O) groups excluding carboxylic acids is 2. The summed E-state index contributed by atoms with van der Waals surface area (Å²) in [5, 5.41) is 36.2. The second-order valence-electron chi connectivity index (χ2n) is 7.05. The molecule has 2 aromatic rings. The summed E-state index contributed by atoms with van der Waals surface area (Å²) in [5.74, 6) is -0.802. The highest BCUT2D eigenvalue weighted by atomic mass is 16.6. The number of ether oxygens (including phenoxy) is 1. The maximum atomic E-state index is 12.2. The van der Waals surface area contributed by atoms with E-state index in [9.17, 15) is 24.9 Å². The smallest absolute Gasteiger partial charge is 0.251 e. The Balaban J connectivity index is 1.91. The first-order chi connectivity index (χ1) is 13.8. The van der Waals surface area contributed by atoms with Crippen LogP contribution in [0.15, 0.2) is 18.6 Å². The Hall–Kier alpha value is -2.90. The molecule has 2 aliphatic heterocycles. The average molecular weight is 404 g/mol. The fourth-order valence-electron chi connectivity index (χ4n) is 3.62. The van der Waals surface area contributed by atoms with E-state index in [4.69, 9.17) is 10.5 Å². The molecule has 0 spiro atoms. The van der Waals surface area contributed by atoms with E-state index in [0.717, 1.165) is 0 Å². The van der Waals surface area contributed by atoms with Crippen molar-refractivity contribution in [3.05, 3.63) is 24.2 Å². The third-order valence-electron chi connectivity index (χ3n) is 5.06. The average Bonchev–Trinajstić information content (AvgIpc) is 3.12. The maximum absolute atomic E-state index is 12.2. The van der Waals surface area contributed by atoms with Gasteiger partial charge in [0.15, 0.2) is 6.23 Å². The highest BCUT2D eigenvalue weighted by molar-refractivity contribution is 6.14. The van der Waals surface area contributed by atoms with Crippen molar-refractivity contribution in [2.24, 2.45) is 5.73 Å². The van der Waals surface area contributed by atoms with Gasteiger partial charge in [-0.05, 0) is 6.92 Å². The molecule has 4 rings (SSSR count). The molecule has 0 radical (unpaired) electrons. The van der Waals surface area contributed by atoms with E-state index in [-0.39, 0.29) is 23.7 Å². The number of aliphatic hydroxyl groups is 3. The molecule has 7 N–H and O–H groups in total. The van der Waals surface area contributed by atoms with E-state index < -0.39 is 42.5 Å². The predicted molar refractivity (Wildman–Crippen MR) is 99.0 cm³/mol. The minimum Gasteiger partial charge on any atom is -0.394 e. The third kappa shape index (κ3) is 2.97. The minimum absolute atomic E-state index is 0.173. The number of hydrogen-bond acceptors (Lipinski definition) is 9. The summed E-state index contributed by atoms with van der Waals surface area (Å²) >= 11 is 0. The fourth-order valence-corrected chi connectivity index (χ4v) is 3.62. The lowest BCUT2D eigenvalue weighted by molar-refractivity contribution is -0.118. The molecule has 2 aromatic heterocycles. The van der Waals surface area contributed by atoms with Gasteiger partial charge in [-0.3, -0.25) is 9.59 Å². The molecule has 4 atom stereocenters. The molecule has 0 aliphatic carbocycles. The topological polar surface area (TPSA) is 185 Å². The Morgan fingerprint density at radius 1 is 1.48 bits per heavy atom. The molecule has 0 bridgehead atoms. The van der Waals surface area contributed by atoms with Crippen LogP contribution in [0.4, 0.5) is 5.82 Å². The van der Waals surface area contributed by atoms with Crippen LogP contribution in [0.3, 0.4) is 0 Å². The standard InChI is InChI=1S/C17H20N6O6/c1-17(28)13(27)9(5-24)29-16(17)23-4-7-8(21-11(26)3-18)2-10(25)22-14-12(7)15(23)20-6-19-14/h2,4,6,9,13,16,24,27-28H,3,5,18H2,1H3,(H,21,26)(H,19,20,22,25)/t9?,13-,16-,17?/m1/s1. The number of aromatic nitrogens is 3. The van der Waals surface area contributed by atoms with Crippen LogP contribution >= 0.6 is 0 Å². The SMILES string of the molecule is CC1(O)[C@H](O)C(CO)O[C@H]1n1cc2c3c(ncnc31)NC(=O)C=C2NC(=O)CN. The molecular weight excluding hydrogens is 384 g/mol. The highest BCUT2D eigenvalue weighted by Crippen LogP contribution is 2.42. The first-order valence-corrected chi connectivity index (χ1v) is 8.83. The second-order valence-corrected chi connectivity index (χ2v) is 7.05. The van der Waals surface area contributed by atoms with Gasteiger partial charge in [-0.2, -0.15) is 0 Å². The highest BCUT2D eigenvalue weighted by Gasteiger charge is 2.53. The number of rotatable bonds is 4. The van der Waals surface area contributed by atoms with E-state index in [0.29, 0.717) is 10.9 Å². The van der Waals surface area contributed by atoms with E-state index >= 15 is 0 Å². The lowest BCUT2D eigenvalue weighted by atomic mass is 9.96. The van der Waals surface area contributed by atoms with Crippen LogP contribution in [-0.2, 0) is 14.3 Å². The van der Waals surface area contributed by atoms with E-state index in [2.05, 4.69) is 20.6 Å². The van der Waals surface area contributed by atoms with Crippen molar-refractivity contribution in [3.63, 3.8) is 0 Å². The molecule has 1 fully saturated rings. The number of nitrogens with zero attached hydrogens (tertiary/aromatic N) is 3. The summed E-state index contributed by atoms with van der Waals surface area (Å²) in [5.41, 5.74) is 4.48. The van der Waals surface area contributed by atoms with Gasteiger partial charge < -0.3 is 41.0 Å². The zero-order valence-corrected chi connectivity index (χ0v) is 15.4. The molecule has 12 heteroatoms. The Morgan fingerprint density at radius 2 is 2.24 bits per heavy atom. The van der Waals surface area contributed by atoms with Gasteiger partial charge in [-0.15, -0.1) is 0 Å². The summed E-state index contributed by atoms with van der Waals surface area (Å²) in [7, 11) is 0. The van der Waals surface area contributed by atoms with Crippen molar-refractivity contribution < 1.29 is 29.6 Å². The second kappa shape index (κ2) is 6.86. The number of carbonyl (C=O) groups is 2. The Morgan fingerprint density at radius 3 is 2.90 bits per heavy atom. The zero-order chi connectivity index (χ0) is 20.9. The number of amides is 2. The number of anilines is 1. The fraction of sp³-hybridized carbons (Fsp3) is 0.412. The number of aliphatic hydroxyl groups excluding tert-OH is 2. The van der Waals surface area contributed by atoms with Gasteiger partial charge in [-0.1, -0.05) is 0 Å². The molecule has 12 nitrogen and oxygen atoms in total. The van der Waals surface area contributed by atoms with Crippen molar-refractivity contribution in [2.45, 2.75) is 31.0 Å². The lowest BCUT2D eigenvalue weighted by Crippen LogP contribution is -2.44. The van der Waals surface area contributed by atoms with Gasteiger partial charge in [-0.25, -0.2) is 9.97 Å². The zero-order valence-electron chi connectivity index (χ0n) is 15.4. The first-order valence-electron chi connectivity index (χ1n) is 8.83. The quantitative estimate of drug-likeness (QED) is 0.329. The van der Waals surface area contributed by atoms with Crippen LogP contribution in [0.2, 0.25) is 0 Å². The number of nitrogens with two attached hydrogens (primary N) is 1. The van der Waals surface area contributed by atoms with Gasteiger partial charge in [0.05, 0.1) is 24.2 Å². The third-order valence-corrected chi connectivity index (χ3v) is 5.06. The number of nitrogens with one attached hydrogen (secondary N) is 2. The van der Waals surface area contributed by atoms with Crippen LogP contribution in [0, 0.1) is 0 Å². The van der Waals surface area contributed by atoms with Gasteiger partial charge in [0.1, 0.15) is 35.6 Å². The molecule has 4 heterocycles. The Labute approximate surface area is 164 Å². The molecule has 2 aliphatic rings. The largest absolute Gasteiger partial charge is 0.394 e. The predicted octanol–water partition coefficient (Wildman–Crippen LogP) is -2.20. The Bertz CT molecular complexity index is 1030. The normalized spacial score (nSPS) is 28.8. The van der Waals surface area contributed by atoms with Crippen LogP contribution < -0.4 is 16.4 Å². The van der Waals surface area contributed by atoms with Crippen LogP contribution in [-0.4, -0.2) is 72.6 Å². The minimum atomic E-state index is -1.75. The molecule has 0 saturated carbocycles. The van der Waals surface area contributed by atoms with E-state index in [1.54, 1.807) is 0 Å². The monoisotopic (exact) mass is 404 g/mol. The van der Waals surface area contributed by atoms with Crippen molar-refractivity contribution in [1.82, 2.24) is 19.9 Å². The van der Waals surface area contributed by atoms with Crippen molar-refractivity contribution in [3.8, 4) is 0 Å². The maximum Gasteiger partial charge on any atom is 0.251 e. The van der Waals surface area contributed by atoms with Crippen molar-refractivity contribution in [1.29, 1.82) is 0 Å². The Kier molecular flexibility index (Phi) is 4.59. The molecular formula is C17H20N6O6. The first kappa shape index (κ1) is 19.4. The summed E-state index contributed by atoms with van der Waals surface area (Å²) in [4.78, 5) is 32.3. The molecule has 154 valence electrons. The van der Waals surface area contributed by atoms with Gasteiger partial charge in [0, 0.05) is 17.8 Å². The lowest BCUT2D eigenvalue weighted by Gasteiger charge is -2.27. The molecule has 2 amide bonds. The van der Waals surface area contributed by atoms with Crippen molar-refractivity contribution in [2.75, 3.05) is 18.5 Å². The molecule has 2 unspecified atom stereocenters. The van der Waals surface area contributed by atoms with E-state index in [1.807, 2.05) is 0 Å². The van der Waals surface area contributed by atoms with Crippen molar-refractivity contribution >= 4 is 34.4 Å². The van der Waals surface area contributed by atoms with E-state index in [1.165, 1.54) is 30.1 Å². The molecule has 1 saturated heterocycles. The molecule has 29 heavy (non-hydrogen) atoms. The molecule has 0 aromatic carbocycles. The van der Waals surface area contributed by atoms with Gasteiger partial charge in [0.2, 0.25) is 5.91 Å². The van der Waals surface area contributed by atoms with Crippen LogP contribution in [0.25, 0.3) is 16.7 Å². The summed E-state index contributed by atoms with van der Waals surface area (Å²) in [6.45, 7) is 0.603.